The van der Waals surface area contributed by atoms with Crippen molar-refractivity contribution in [1.82, 2.24) is 10.3 Å². The number of carbonyl (C=O) groups is 1. The Morgan fingerprint density at radius 3 is 2.06 bits per heavy atom. The van der Waals surface area contributed by atoms with E-state index in [0.717, 1.165) is 25.8 Å². The Morgan fingerprint density at radius 1 is 1.19 bits per heavy atom. The molecule has 0 spiro atoms. The summed E-state index contributed by atoms with van der Waals surface area (Å²) in [7, 11) is 4.27. The van der Waals surface area contributed by atoms with Crippen LogP contribution < -0.4 is 11.3 Å². The predicted octanol–water partition coefficient (Wildman–Crippen LogP) is 0.878. The van der Waals surface area contributed by atoms with Gasteiger partial charge in [-0.05, 0) is 58.0 Å². The minimum atomic E-state index is -0.136. The second kappa shape index (κ2) is 4.00. The first-order valence-corrected chi connectivity index (χ1v) is 6.18. The van der Waals surface area contributed by atoms with Crippen LogP contribution >= 0.6 is 0 Å². The Morgan fingerprint density at radius 2 is 1.69 bits per heavy atom. The van der Waals surface area contributed by atoms with Crippen LogP contribution in [0.2, 0.25) is 0 Å². The Kier molecular flexibility index (Phi) is 2.97. The number of hydrogen-bond donors (Lipinski definition) is 2. The van der Waals surface area contributed by atoms with Gasteiger partial charge in [0.25, 0.3) is 0 Å². The van der Waals surface area contributed by atoms with Crippen LogP contribution in [-0.4, -0.2) is 31.4 Å². The number of nitrogens with one attached hydrogen (secondary N) is 1. The zero-order valence-electron chi connectivity index (χ0n) is 10.4. The second-order valence-electron chi connectivity index (χ2n) is 5.99. The summed E-state index contributed by atoms with van der Waals surface area (Å²) in [4.78, 5) is 14.1. The van der Waals surface area contributed by atoms with Crippen molar-refractivity contribution in [3.8, 4) is 0 Å². The molecular weight excluding hydrogens is 202 g/mol. The molecule has 0 saturated heterocycles. The highest BCUT2D eigenvalue weighted by atomic mass is 16.2. The molecule has 0 radical (unpaired) electrons. The highest BCUT2D eigenvalue weighted by Gasteiger charge is 2.52. The number of hydrazine groups is 1. The van der Waals surface area contributed by atoms with Crippen LogP contribution in [0.15, 0.2) is 0 Å². The van der Waals surface area contributed by atoms with Crippen LogP contribution in [0.25, 0.3) is 0 Å². The molecule has 3 aliphatic rings. The minimum Gasteiger partial charge on any atom is -0.309 e. The molecule has 3 rings (SSSR count). The van der Waals surface area contributed by atoms with E-state index < -0.39 is 0 Å². The molecular formula is C12H23N3O. The van der Waals surface area contributed by atoms with Crippen molar-refractivity contribution in [2.75, 3.05) is 20.6 Å². The largest absolute Gasteiger partial charge is 0.309 e. The van der Waals surface area contributed by atoms with Crippen LogP contribution in [-0.2, 0) is 4.79 Å². The van der Waals surface area contributed by atoms with E-state index in [-0.39, 0.29) is 11.3 Å². The fourth-order valence-corrected chi connectivity index (χ4v) is 3.67. The Labute approximate surface area is 97.5 Å². The summed E-state index contributed by atoms with van der Waals surface area (Å²) in [6.07, 6.45) is 6.59. The molecule has 92 valence electrons. The zero-order chi connectivity index (χ0) is 11.8. The molecule has 3 aliphatic carbocycles. The number of amides is 1. The lowest BCUT2D eigenvalue weighted by molar-refractivity contribution is -0.141. The topological polar surface area (TPSA) is 58.4 Å². The number of carbonyl (C=O) groups excluding carboxylic acids is 1. The van der Waals surface area contributed by atoms with Crippen LogP contribution in [0.4, 0.5) is 0 Å². The summed E-state index contributed by atoms with van der Waals surface area (Å²) < 4.78 is 0. The quantitative estimate of drug-likeness (QED) is 0.426. The Bertz CT molecular complexity index is 263. The summed E-state index contributed by atoms with van der Waals surface area (Å²) in [5.74, 6) is 5.35. The van der Waals surface area contributed by atoms with Gasteiger partial charge < -0.3 is 4.90 Å². The van der Waals surface area contributed by atoms with Crippen molar-refractivity contribution in [2.24, 2.45) is 16.7 Å². The molecule has 0 aromatic heterocycles. The molecule has 4 nitrogen and oxygen atoms in total. The van der Waals surface area contributed by atoms with Crippen molar-refractivity contribution < 1.29 is 4.79 Å². The molecule has 3 fully saturated rings. The first-order chi connectivity index (χ1) is 7.52. The van der Waals surface area contributed by atoms with Gasteiger partial charge in [0.15, 0.2) is 0 Å². The van der Waals surface area contributed by atoms with Crippen LogP contribution in [0.5, 0.6) is 0 Å². The lowest BCUT2D eigenvalue weighted by atomic mass is 9.53. The van der Waals surface area contributed by atoms with E-state index in [1.807, 2.05) is 0 Å². The van der Waals surface area contributed by atoms with E-state index >= 15 is 0 Å². The third kappa shape index (κ3) is 1.84. The normalized spacial score (nSPS) is 37.8. The van der Waals surface area contributed by atoms with Crippen molar-refractivity contribution >= 4 is 5.91 Å². The van der Waals surface area contributed by atoms with Crippen molar-refractivity contribution in [3.63, 3.8) is 0 Å². The molecule has 0 atom stereocenters. The smallest absolute Gasteiger partial charge is 0.240 e. The van der Waals surface area contributed by atoms with Crippen molar-refractivity contribution in [2.45, 2.75) is 38.5 Å². The lowest BCUT2D eigenvalue weighted by Gasteiger charge is -2.53. The van der Waals surface area contributed by atoms with E-state index in [2.05, 4.69) is 24.4 Å². The maximum absolute atomic E-state index is 11.8. The molecule has 16 heavy (non-hydrogen) atoms. The second-order valence-corrected chi connectivity index (χ2v) is 5.99. The molecule has 0 aromatic rings. The maximum atomic E-state index is 11.8. The van der Waals surface area contributed by atoms with Gasteiger partial charge in [-0.25, -0.2) is 5.84 Å². The Hall–Kier alpha value is -0.610. The van der Waals surface area contributed by atoms with Crippen LogP contribution in [0.1, 0.15) is 38.5 Å². The van der Waals surface area contributed by atoms with E-state index in [1.54, 1.807) is 0 Å². The molecule has 0 heterocycles. The first kappa shape index (κ1) is 11.9. The van der Waals surface area contributed by atoms with Gasteiger partial charge in [0.1, 0.15) is 0 Å². The molecule has 4 heteroatoms. The van der Waals surface area contributed by atoms with Gasteiger partial charge in [0, 0.05) is 6.54 Å². The average Bonchev–Trinajstić information content (AvgIpc) is 2.29. The summed E-state index contributed by atoms with van der Waals surface area (Å²) in [6.45, 7) is 1.16. The molecule has 3 N–H and O–H groups in total. The summed E-state index contributed by atoms with van der Waals surface area (Å²) in [5.41, 5.74) is 2.69. The Balaban J connectivity index is 2.05. The third-order valence-electron chi connectivity index (χ3n) is 4.67. The van der Waals surface area contributed by atoms with Crippen LogP contribution in [0.3, 0.4) is 0 Å². The predicted molar refractivity (Wildman–Crippen MR) is 63.5 cm³/mol. The van der Waals surface area contributed by atoms with Gasteiger partial charge in [0.2, 0.25) is 5.91 Å². The number of rotatable bonds is 3. The van der Waals surface area contributed by atoms with Gasteiger partial charge in [0.05, 0.1) is 5.41 Å². The summed E-state index contributed by atoms with van der Waals surface area (Å²) in [6, 6.07) is 0. The van der Waals surface area contributed by atoms with Crippen LogP contribution in [0, 0.1) is 10.8 Å². The summed E-state index contributed by atoms with van der Waals surface area (Å²) in [5, 5.41) is 0. The fourth-order valence-electron chi connectivity index (χ4n) is 3.67. The number of nitrogens with zero attached hydrogens (tertiary/aromatic N) is 1. The van der Waals surface area contributed by atoms with E-state index in [1.165, 1.54) is 19.3 Å². The molecule has 2 bridgehead atoms. The molecule has 3 saturated carbocycles. The average molecular weight is 225 g/mol. The van der Waals surface area contributed by atoms with Gasteiger partial charge in [-0.15, -0.1) is 0 Å². The maximum Gasteiger partial charge on any atom is 0.240 e. The van der Waals surface area contributed by atoms with E-state index in [0.29, 0.717) is 5.41 Å². The van der Waals surface area contributed by atoms with Gasteiger partial charge in [-0.2, -0.15) is 0 Å². The van der Waals surface area contributed by atoms with Gasteiger partial charge >= 0.3 is 0 Å². The monoisotopic (exact) mass is 225 g/mol. The molecule has 1 amide bonds. The standard InChI is InChI=1S/C12H23N3O/c1-15(2)9-11-3-6-12(7-4-11,8-5-11)10(16)14-13/h3-9,13H2,1-2H3,(H,14,16). The minimum absolute atomic E-state index is 0.0608. The van der Waals surface area contributed by atoms with Gasteiger partial charge in [-0.3, -0.25) is 10.2 Å². The van der Waals surface area contributed by atoms with E-state index in [4.69, 9.17) is 5.84 Å². The highest BCUT2D eigenvalue weighted by molar-refractivity contribution is 5.82. The third-order valence-corrected chi connectivity index (χ3v) is 4.67. The number of fused-ring (bicyclic) bond motifs is 3. The van der Waals surface area contributed by atoms with Gasteiger partial charge in [-0.1, -0.05) is 0 Å². The van der Waals surface area contributed by atoms with E-state index in [9.17, 15) is 4.79 Å². The highest BCUT2D eigenvalue weighted by Crippen LogP contribution is 2.56. The zero-order valence-corrected chi connectivity index (χ0v) is 10.4. The van der Waals surface area contributed by atoms with Crippen molar-refractivity contribution in [1.29, 1.82) is 0 Å². The fraction of sp³-hybridized carbons (Fsp3) is 0.917. The number of hydrogen-bond acceptors (Lipinski definition) is 3. The number of nitrogens with two attached hydrogens (primary N) is 1. The first-order valence-electron chi connectivity index (χ1n) is 6.18. The lowest BCUT2D eigenvalue weighted by Crippen LogP contribution is -2.53. The van der Waals surface area contributed by atoms with Crippen molar-refractivity contribution in [3.05, 3.63) is 0 Å². The molecule has 0 unspecified atom stereocenters. The summed E-state index contributed by atoms with van der Waals surface area (Å²) >= 11 is 0. The SMILES string of the molecule is CN(C)CC12CCC(C(=O)NN)(CC1)CC2. The molecule has 0 aliphatic heterocycles. The molecule has 0 aromatic carbocycles.